The van der Waals surface area contributed by atoms with Gasteiger partial charge in [-0.25, -0.2) is 4.98 Å². The van der Waals surface area contributed by atoms with Gasteiger partial charge in [0.15, 0.2) is 0 Å². The zero-order valence-electron chi connectivity index (χ0n) is 11.6. The van der Waals surface area contributed by atoms with Gasteiger partial charge < -0.3 is 10.6 Å². The molecule has 0 fully saturated rings. The van der Waals surface area contributed by atoms with Gasteiger partial charge in [0.2, 0.25) is 0 Å². The summed E-state index contributed by atoms with van der Waals surface area (Å²) < 4.78 is 0.664. The van der Waals surface area contributed by atoms with Crippen LogP contribution in [0, 0.1) is 6.92 Å². The zero-order valence-corrected chi connectivity index (χ0v) is 13.2. The number of nitrogens with zero attached hydrogens (tertiary/aromatic N) is 1. The van der Waals surface area contributed by atoms with Crippen molar-refractivity contribution in [3.8, 4) is 0 Å². The number of hydrogen-bond donors (Lipinski definition) is 2. The highest BCUT2D eigenvalue weighted by molar-refractivity contribution is 9.10. The molecule has 0 radical (unpaired) electrons. The van der Waals surface area contributed by atoms with Crippen LogP contribution >= 0.6 is 15.9 Å². The molecule has 1 aromatic heterocycles. The molecule has 0 unspecified atom stereocenters. The minimum Gasteiger partial charge on any atom is -0.355 e. The van der Waals surface area contributed by atoms with Crippen LogP contribution in [0.1, 0.15) is 26.3 Å². The summed E-state index contributed by atoms with van der Waals surface area (Å²) in [6, 6.07) is 8.57. The molecule has 0 aliphatic carbocycles. The maximum atomic E-state index is 12.2. The van der Waals surface area contributed by atoms with Gasteiger partial charge in [0.1, 0.15) is 4.60 Å². The molecule has 108 valence electrons. The highest BCUT2D eigenvalue weighted by Gasteiger charge is 2.13. The Kier molecular flexibility index (Phi) is 4.70. The fourth-order valence-corrected chi connectivity index (χ4v) is 2.09. The lowest BCUT2D eigenvalue weighted by Gasteiger charge is -2.11. The van der Waals surface area contributed by atoms with Gasteiger partial charge in [-0.2, -0.15) is 0 Å². The summed E-state index contributed by atoms with van der Waals surface area (Å²) in [7, 11) is 1.57. The van der Waals surface area contributed by atoms with E-state index in [1.807, 2.05) is 0 Å². The van der Waals surface area contributed by atoms with Crippen molar-refractivity contribution in [3.05, 3.63) is 57.8 Å². The predicted octanol–water partition coefficient (Wildman–Crippen LogP) is 2.76. The lowest BCUT2D eigenvalue weighted by atomic mass is 10.1. The molecule has 0 aliphatic heterocycles. The van der Waals surface area contributed by atoms with Gasteiger partial charge in [-0.1, -0.05) is 6.07 Å². The Morgan fingerprint density at radius 3 is 2.52 bits per heavy atom. The van der Waals surface area contributed by atoms with E-state index in [0.29, 0.717) is 21.4 Å². The van der Waals surface area contributed by atoms with E-state index in [0.717, 1.165) is 5.56 Å². The summed E-state index contributed by atoms with van der Waals surface area (Å²) in [6.45, 7) is 1.79. The molecule has 2 rings (SSSR count). The van der Waals surface area contributed by atoms with Crippen molar-refractivity contribution in [2.75, 3.05) is 12.4 Å². The van der Waals surface area contributed by atoms with Crippen LogP contribution in [0.3, 0.4) is 0 Å². The molecule has 2 aromatic rings. The summed E-state index contributed by atoms with van der Waals surface area (Å²) in [4.78, 5) is 27.9. The molecule has 5 nitrogen and oxygen atoms in total. The normalized spacial score (nSPS) is 10.0. The van der Waals surface area contributed by atoms with Gasteiger partial charge in [-0.3, -0.25) is 9.59 Å². The number of halogens is 1. The summed E-state index contributed by atoms with van der Waals surface area (Å²) in [6.07, 6.45) is 1.48. The molecule has 1 heterocycles. The quantitative estimate of drug-likeness (QED) is 0.838. The number of aromatic nitrogens is 1. The van der Waals surface area contributed by atoms with Crippen molar-refractivity contribution in [2.45, 2.75) is 6.92 Å². The Hall–Kier alpha value is -2.21. The number of hydrogen-bond acceptors (Lipinski definition) is 3. The van der Waals surface area contributed by atoms with Crippen LogP contribution in [0.15, 0.2) is 41.1 Å². The van der Waals surface area contributed by atoms with Crippen LogP contribution in [0.5, 0.6) is 0 Å². The Morgan fingerprint density at radius 1 is 1.14 bits per heavy atom. The molecule has 2 N–H and O–H groups in total. The van der Waals surface area contributed by atoms with Crippen LogP contribution in [0.2, 0.25) is 0 Å². The number of pyridine rings is 1. The third kappa shape index (κ3) is 3.46. The lowest BCUT2D eigenvalue weighted by molar-refractivity contribution is 0.0960. The Bertz CT molecular complexity index is 684. The summed E-state index contributed by atoms with van der Waals surface area (Å²) in [5.41, 5.74) is 2.30. The molecule has 0 saturated carbocycles. The van der Waals surface area contributed by atoms with E-state index >= 15 is 0 Å². The number of nitrogens with one attached hydrogen (secondary N) is 2. The van der Waals surface area contributed by atoms with E-state index in [-0.39, 0.29) is 11.8 Å². The molecule has 0 saturated heterocycles. The highest BCUT2D eigenvalue weighted by atomic mass is 79.9. The molecule has 21 heavy (non-hydrogen) atoms. The second-order valence-corrected chi connectivity index (χ2v) is 5.19. The van der Waals surface area contributed by atoms with Gasteiger partial charge in [-0.15, -0.1) is 0 Å². The molecule has 0 atom stereocenters. The largest absolute Gasteiger partial charge is 0.355 e. The smallest absolute Gasteiger partial charge is 0.257 e. The van der Waals surface area contributed by atoms with E-state index in [4.69, 9.17) is 0 Å². The van der Waals surface area contributed by atoms with Gasteiger partial charge in [0.25, 0.3) is 11.8 Å². The van der Waals surface area contributed by atoms with Crippen LogP contribution in [0.25, 0.3) is 0 Å². The number of carbonyl (C=O) groups excluding carboxylic acids is 2. The van der Waals surface area contributed by atoms with Crippen LogP contribution < -0.4 is 10.6 Å². The van der Waals surface area contributed by atoms with Gasteiger partial charge in [-0.05, 0) is 52.7 Å². The number of rotatable bonds is 3. The van der Waals surface area contributed by atoms with Crippen molar-refractivity contribution in [1.82, 2.24) is 10.3 Å². The van der Waals surface area contributed by atoms with Crippen molar-refractivity contribution in [1.29, 1.82) is 0 Å². The molecule has 2 amide bonds. The average molecular weight is 348 g/mol. The second-order valence-electron chi connectivity index (χ2n) is 4.38. The first-order valence-corrected chi connectivity index (χ1v) is 7.07. The Labute approximate surface area is 130 Å². The van der Waals surface area contributed by atoms with Gasteiger partial charge in [0.05, 0.1) is 5.56 Å². The molecular formula is C15H14BrN3O2. The fourth-order valence-electron chi connectivity index (χ4n) is 1.86. The molecular weight excluding hydrogens is 334 g/mol. The first kappa shape index (κ1) is 15.2. The van der Waals surface area contributed by atoms with Crippen molar-refractivity contribution >= 4 is 33.4 Å². The first-order chi connectivity index (χ1) is 10.0. The first-order valence-electron chi connectivity index (χ1n) is 6.27. The van der Waals surface area contributed by atoms with Gasteiger partial charge in [0, 0.05) is 24.5 Å². The van der Waals surface area contributed by atoms with Crippen LogP contribution in [-0.4, -0.2) is 23.8 Å². The van der Waals surface area contributed by atoms with E-state index in [9.17, 15) is 9.59 Å². The predicted molar refractivity (Wildman–Crippen MR) is 84.5 cm³/mol. The average Bonchev–Trinajstić information content (AvgIpc) is 2.49. The lowest BCUT2D eigenvalue weighted by Crippen LogP contribution is -2.20. The maximum Gasteiger partial charge on any atom is 0.257 e. The molecule has 0 aliphatic rings. The molecule has 1 aromatic carbocycles. The molecule has 6 heteroatoms. The molecule has 0 spiro atoms. The summed E-state index contributed by atoms with van der Waals surface area (Å²) in [5, 5.41) is 5.36. The van der Waals surface area contributed by atoms with E-state index in [1.54, 1.807) is 44.3 Å². The monoisotopic (exact) mass is 347 g/mol. The van der Waals surface area contributed by atoms with E-state index in [1.165, 1.54) is 6.20 Å². The molecule has 0 bridgehead atoms. The van der Waals surface area contributed by atoms with Crippen molar-refractivity contribution in [3.63, 3.8) is 0 Å². The van der Waals surface area contributed by atoms with Crippen molar-refractivity contribution in [2.24, 2.45) is 0 Å². The minimum absolute atomic E-state index is 0.186. The van der Waals surface area contributed by atoms with Crippen LogP contribution in [0.4, 0.5) is 5.69 Å². The maximum absolute atomic E-state index is 12.2. The van der Waals surface area contributed by atoms with E-state index in [2.05, 4.69) is 31.5 Å². The Morgan fingerprint density at radius 2 is 1.90 bits per heavy atom. The van der Waals surface area contributed by atoms with Crippen molar-refractivity contribution < 1.29 is 9.59 Å². The fraction of sp³-hybridized carbons (Fsp3) is 0.133. The number of carbonyl (C=O) groups is 2. The highest BCUT2D eigenvalue weighted by Crippen LogP contribution is 2.20. The SMILES string of the molecule is CNC(=O)c1cccc(NC(=O)c2ccc(Br)nc2)c1C. The third-order valence-corrected chi connectivity index (χ3v) is 3.51. The summed E-state index contributed by atoms with van der Waals surface area (Å²) in [5.74, 6) is -0.457. The van der Waals surface area contributed by atoms with Gasteiger partial charge >= 0.3 is 0 Å². The summed E-state index contributed by atoms with van der Waals surface area (Å²) >= 11 is 3.22. The number of anilines is 1. The minimum atomic E-state index is -0.271. The van der Waals surface area contributed by atoms with Crippen LogP contribution in [-0.2, 0) is 0 Å². The standard InChI is InChI=1S/C15H14BrN3O2/c1-9-11(15(21)17-2)4-3-5-12(9)19-14(20)10-6-7-13(16)18-8-10/h3-8H,1-2H3,(H,17,21)(H,19,20). The number of amides is 2. The third-order valence-electron chi connectivity index (χ3n) is 3.04. The Balaban J connectivity index is 2.25. The van der Waals surface area contributed by atoms with E-state index < -0.39 is 0 Å². The zero-order chi connectivity index (χ0) is 15.4. The topological polar surface area (TPSA) is 71.1 Å². The second kappa shape index (κ2) is 6.49. The number of benzene rings is 1.